The molecule has 27 heavy (non-hydrogen) atoms. The summed E-state index contributed by atoms with van der Waals surface area (Å²) in [6, 6.07) is 7.60. The van der Waals surface area contributed by atoms with Crippen LogP contribution in [0.2, 0.25) is 5.02 Å². The van der Waals surface area contributed by atoms with Gasteiger partial charge in [0.2, 0.25) is 5.91 Å². The number of hydrogen-bond acceptors (Lipinski definition) is 3. The minimum absolute atomic E-state index is 0.0363. The van der Waals surface area contributed by atoms with Gasteiger partial charge in [-0.2, -0.15) is 0 Å². The van der Waals surface area contributed by atoms with Crippen molar-refractivity contribution in [1.82, 2.24) is 10.2 Å². The summed E-state index contributed by atoms with van der Waals surface area (Å²) in [5, 5.41) is 12.1. The second kappa shape index (κ2) is 8.07. The molecule has 0 saturated carbocycles. The zero-order valence-corrected chi connectivity index (χ0v) is 16.5. The first kappa shape index (κ1) is 20.0. The summed E-state index contributed by atoms with van der Waals surface area (Å²) in [6.07, 6.45) is 0.412. The van der Waals surface area contributed by atoms with Gasteiger partial charge in [0.15, 0.2) is 0 Å². The van der Waals surface area contributed by atoms with E-state index < -0.39 is 6.09 Å². The van der Waals surface area contributed by atoms with Crippen LogP contribution in [0.5, 0.6) is 0 Å². The highest BCUT2D eigenvalue weighted by Crippen LogP contribution is 2.36. The quantitative estimate of drug-likeness (QED) is 0.820. The molecular weight excluding hydrogens is 368 g/mol. The molecule has 0 aliphatic carbocycles. The third-order valence-electron chi connectivity index (χ3n) is 5.61. The Morgan fingerprint density at radius 2 is 2.00 bits per heavy atom. The van der Waals surface area contributed by atoms with E-state index >= 15 is 0 Å². The first-order valence-electron chi connectivity index (χ1n) is 9.40. The molecule has 7 heteroatoms. The molecule has 2 heterocycles. The van der Waals surface area contributed by atoms with Crippen LogP contribution in [-0.4, -0.2) is 53.8 Å². The summed E-state index contributed by atoms with van der Waals surface area (Å²) in [6.45, 7) is 6.13. The molecule has 2 saturated heterocycles. The summed E-state index contributed by atoms with van der Waals surface area (Å²) in [5.41, 5.74) is 0.803. The van der Waals surface area contributed by atoms with Gasteiger partial charge in [-0.15, -0.1) is 0 Å². The van der Waals surface area contributed by atoms with Gasteiger partial charge in [0.1, 0.15) is 0 Å². The highest BCUT2D eigenvalue weighted by molar-refractivity contribution is 6.30. The molecule has 0 bridgehead atoms. The van der Waals surface area contributed by atoms with Crippen molar-refractivity contribution in [3.8, 4) is 0 Å². The molecule has 0 radical (unpaired) electrons. The maximum atomic E-state index is 13.1. The Hall–Kier alpha value is -1.79. The number of ether oxygens (including phenoxy) is 1. The number of benzene rings is 1. The molecule has 148 valence electrons. The van der Waals surface area contributed by atoms with Crippen LogP contribution in [0.25, 0.3) is 0 Å². The van der Waals surface area contributed by atoms with Crippen LogP contribution in [0.4, 0.5) is 4.79 Å². The lowest BCUT2D eigenvalue weighted by Gasteiger charge is -2.36. The van der Waals surface area contributed by atoms with Gasteiger partial charge in [-0.25, -0.2) is 4.79 Å². The SMILES string of the molecule is CC1(C)CC(C(=O)N2C[C@H](CNC(=O)O)[C@H](c3ccc(Cl)cc3)C2)CCO1. The number of carboxylic acid groups (broad SMARTS) is 1. The molecule has 1 unspecified atom stereocenters. The fraction of sp³-hybridized carbons (Fsp3) is 0.600. The highest BCUT2D eigenvalue weighted by atomic mass is 35.5. The normalized spacial score (nSPS) is 27.4. The van der Waals surface area contributed by atoms with E-state index in [0.29, 0.717) is 37.7 Å². The average Bonchev–Trinajstić information content (AvgIpc) is 3.03. The van der Waals surface area contributed by atoms with E-state index in [4.69, 9.17) is 21.4 Å². The second-order valence-corrected chi connectivity index (χ2v) is 8.58. The van der Waals surface area contributed by atoms with Crippen LogP contribution in [0.15, 0.2) is 24.3 Å². The van der Waals surface area contributed by atoms with Gasteiger partial charge >= 0.3 is 6.09 Å². The lowest BCUT2D eigenvalue weighted by molar-refractivity contribution is -0.144. The van der Waals surface area contributed by atoms with E-state index in [1.807, 2.05) is 43.0 Å². The predicted octanol–water partition coefficient (Wildman–Crippen LogP) is 3.35. The van der Waals surface area contributed by atoms with Crippen LogP contribution in [-0.2, 0) is 9.53 Å². The molecular formula is C20H27ClN2O4. The van der Waals surface area contributed by atoms with Crippen LogP contribution in [0, 0.1) is 11.8 Å². The first-order valence-corrected chi connectivity index (χ1v) is 9.78. The van der Waals surface area contributed by atoms with Gasteiger partial charge in [-0.05, 0) is 44.4 Å². The Morgan fingerprint density at radius 1 is 1.30 bits per heavy atom. The molecule has 6 nitrogen and oxygen atoms in total. The molecule has 3 atom stereocenters. The van der Waals surface area contributed by atoms with E-state index in [2.05, 4.69) is 5.32 Å². The van der Waals surface area contributed by atoms with E-state index in [0.717, 1.165) is 12.0 Å². The van der Waals surface area contributed by atoms with Gasteiger partial charge in [-0.1, -0.05) is 23.7 Å². The second-order valence-electron chi connectivity index (χ2n) is 8.15. The fourth-order valence-electron chi connectivity index (χ4n) is 4.26. The number of nitrogens with one attached hydrogen (secondary N) is 1. The molecule has 3 rings (SSSR count). The lowest BCUT2D eigenvalue weighted by atomic mass is 9.87. The van der Waals surface area contributed by atoms with Gasteiger partial charge < -0.3 is 20.1 Å². The highest BCUT2D eigenvalue weighted by Gasteiger charge is 2.41. The number of amides is 2. The molecule has 2 N–H and O–H groups in total. The minimum atomic E-state index is -1.04. The summed E-state index contributed by atoms with van der Waals surface area (Å²) < 4.78 is 5.74. The number of hydrogen-bond donors (Lipinski definition) is 2. The maximum Gasteiger partial charge on any atom is 0.404 e. The monoisotopic (exact) mass is 394 g/mol. The number of halogens is 1. The van der Waals surface area contributed by atoms with Crippen molar-refractivity contribution in [2.75, 3.05) is 26.2 Å². The van der Waals surface area contributed by atoms with Crippen molar-refractivity contribution in [1.29, 1.82) is 0 Å². The van der Waals surface area contributed by atoms with E-state index in [-0.39, 0.29) is 29.3 Å². The molecule has 0 spiro atoms. The predicted molar refractivity (Wildman–Crippen MR) is 103 cm³/mol. The van der Waals surface area contributed by atoms with Crippen LogP contribution in [0.3, 0.4) is 0 Å². The minimum Gasteiger partial charge on any atom is -0.465 e. The van der Waals surface area contributed by atoms with Crippen molar-refractivity contribution < 1.29 is 19.4 Å². The Kier molecular flexibility index (Phi) is 5.96. The van der Waals surface area contributed by atoms with Crippen molar-refractivity contribution >= 4 is 23.6 Å². The Morgan fingerprint density at radius 3 is 2.63 bits per heavy atom. The van der Waals surface area contributed by atoms with Gasteiger partial charge in [0.25, 0.3) is 0 Å². The number of likely N-dealkylation sites (tertiary alicyclic amines) is 1. The largest absolute Gasteiger partial charge is 0.465 e. The lowest BCUT2D eigenvalue weighted by Crippen LogP contribution is -2.43. The summed E-state index contributed by atoms with van der Waals surface area (Å²) >= 11 is 6.00. The number of nitrogens with zero attached hydrogens (tertiary/aromatic N) is 1. The molecule has 1 aromatic rings. The first-order chi connectivity index (χ1) is 12.7. The number of rotatable bonds is 4. The standard InChI is InChI=1S/C20H27ClN2O4/c1-20(2)9-14(7-8-27-20)18(24)23-11-15(10-22-19(25)26)17(12-23)13-3-5-16(21)6-4-13/h3-6,14-15,17,22H,7-12H2,1-2H3,(H,25,26)/t14?,15-,17-/m0/s1. The Balaban J connectivity index is 1.74. The zero-order chi connectivity index (χ0) is 19.6. The van der Waals surface area contributed by atoms with Crippen molar-refractivity contribution in [3.05, 3.63) is 34.9 Å². The van der Waals surface area contributed by atoms with E-state index in [9.17, 15) is 9.59 Å². The van der Waals surface area contributed by atoms with Crippen LogP contribution < -0.4 is 5.32 Å². The van der Waals surface area contributed by atoms with Crippen molar-refractivity contribution in [3.63, 3.8) is 0 Å². The van der Waals surface area contributed by atoms with Gasteiger partial charge in [0.05, 0.1) is 5.60 Å². The topological polar surface area (TPSA) is 78.9 Å². The summed E-state index contributed by atoms with van der Waals surface area (Å²) in [7, 11) is 0. The van der Waals surface area contributed by atoms with Crippen LogP contribution in [0.1, 0.15) is 38.2 Å². The molecule has 2 aliphatic heterocycles. The summed E-state index contributed by atoms with van der Waals surface area (Å²) in [4.78, 5) is 26.0. The third-order valence-corrected chi connectivity index (χ3v) is 5.86. The van der Waals surface area contributed by atoms with Crippen molar-refractivity contribution in [2.24, 2.45) is 11.8 Å². The number of carbonyl (C=O) groups excluding carboxylic acids is 1. The van der Waals surface area contributed by atoms with Crippen molar-refractivity contribution in [2.45, 2.75) is 38.2 Å². The summed E-state index contributed by atoms with van der Waals surface area (Å²) in [5.74, 6) is 0.249. The number of carbonyl (C=O) groups is 2. The zero-order valence-electron chi connectivity index (χ0n) is 15.8. The van der Waals surface area contributed by atoms with E-state index in [1.54, 1.807) is 0 Å². The molecule has 2 fully saturated rings. The molecule has 0 aromatic heterocycles. The smallest absolute Gasteiger partial charge is 0.404 e. The fourth-order valence-corrected chi connectivity index (χ4v) is 4.39. The third kappa shape index (κ3) is 4.93. The van der Waals surface area contributed by atoms with Gasteiger partial charge in [-0.3, -0.25) is 4.79 Å². The maximum absolute atomic E-state index is 13.1. The van der Waals surface area contributed by atoms with Crippen LogP contribution >= 0.6 is 11.6 Å². The Labute approximate surface area is 164 Å². The van der Waals surface area contributed by atoms with E-state index in [1.165, 1.54) is 0 Å². The molecule has 2 amide bonds. The Bertz CT molecular complexity index is 692. The van der Waals surface area contributed by atoms with Gasteiger partial charge in [0, 0.05) is 49.0 Å². The average molecular weight is 395 g/mol. The molecule has 1 aromatic carbocycles. The molecule has 2 aliphatic rings.